The Hall–Kier alpha value is -2.74. The zero-order valence-electron chi connectivity index (χ0n) is 21.3. The van der Waals surface area contributed by atoms with E-state index in [1.54, 1.807) is 31.2 Å². The molecular weight excluding hydrogens is 492 g/mol. The van der Waals surface area contributed by atoms with E-state index < -0.39 is 23.0 Å². The Labute approximate surface area is 221 Å². The van der Waals surface area contributed by atoms with Crippen LogP contribution in [-0.2, 0) is 16.6 Å². The van der Waals surface area contributed by atoms with Crippen LogP contribution in [0.3, 0.4) is 0 Å². The van der Waals surface area contributed by atoms with Crippen molar-refractivity contribution in [3.63, 3.8) is 0 Å². The van der Waals surface area contributed by atoms with Crippen molar-refractivity contribution in [1.82, 2.24) is 4.90 Å². The number of aryl methyl sites for hydroxylation is 1. The molecule has 6 rings (SSSR count). The smallest absolute Gasteiger partial charge is 0.254 e. The molecule has 4 N–H and O–H groups in total. The molecule has 2 aliphatic heterocycles. The molecule has 1 spiro atoms. The number of carbonyl (C=O) groups is 1. The van der Waals surface area contributed by atoms with Gasteiger partial charge in [0.1, 0.15) is 5.76 Å². The molecular formula is C29H33ClN2O5. The third-order valence-corrected chi connectivity index (χ3v) is 9.39. The maximum absolute atomic E-state index is 13.2. The van der Waals surface area contributed by atoms with Gasteiger partial charge in [0, 0.05) is 28.9 Å². The second kappa shape index (κ2) is 8.38. The minimum Gasteiger partial charge on any atom is -0.508 e. The number of ether oxygens (including phenoxy) is 1. The molecule has 2 aromatic rings. The number of halogens is 1. The fourth-order valence-electron chi connectivity index (χ4n) is 6.87. The Bertz CT molecular complexity index is 1330. The van der Waals surface area contributed by atoms with E-state index in [0.29, 0.717) is 35.2 Å². The lowest BCUT2D eigenvalue weighted by atomic mass is 9.53. The monoisotopic (exact) mass is 524 g/mol. The maximum Gasteiger partial charge on any atom is 0.254 e. The second-order valence-electron chi connectivity index (χ2n) is 11.4. The molecule has 4 aliphatic rings. The minimum absolute atomic E-state index is 0.0259. The normalized spacial score (nSPS) is 30.8. The Morgan fingerprint density at radius 2 is 2.03 bits per heavy atom. The average Bonchev–Trinajstić information content (AvgIpc) is 3.59. The number of carbonyl (C=O) groups excluding carboxylic acids is 1. The Balaban J connectivity index is 1.41. The number of rotatable bonds is 5. The van der Waals surface area contributed by atoms with Crippen molar-refractivity contribution in [2.45, 2.75) is 69.6 Å². The van der Waals surface area contributed by atoms with Gasteiger partial charge in [-0.3, -0.25) is 9.69 Å². The molecule has 2 fully saturated rings. The number of phenols is 1. The van der Waals surface area contributed by atoms with E-state index >= 15 is 0 Å². The molecule has 2 aliphatic carbocycles. The Kier molecular flexibility index (Phi) is 5.57. The van der Waals surface area contributed by atoms with Crippen LogP contribution in [0.25, 0.3) is 0 Å². The molecule has 196 valence electrons. The number of nitrogens with one attached hydrogen (secondary N) is 1. The van der Waals surface area contributed by atoms with E-state index in [4.69, 9.17) is 16.3 Å². The van der Waals surface area contributed by atoms with E-state index in [9.17, 15) is 20.1 Å². The van der Waals surface area contributed by atoms with Gasteiger partial charge in [0.25, 0.3) is 5.91 Å². The highest BCUT2D eigenvalue weighted by atomic mass is 35.5. The molecule has 8 heteroatoms. The molecule has 2 heterocycles. The lowest BCUT2D eigenvalue weighted by molar-refractivity contribution is -0.153. The molecule has 7 nitrogen and oxygen atoms in total. The highest BCUT2D eigenvalue weighted by Crippen LogP contribution is 2.63. The first kappa shape index (κ1) is 24.6. The largest absolute Gasteiger partial charge is 0.508 e. The SMILES string of the molecule is C/C(C(=O)Nc1ccc(Cl)cc1C)=C(/O)[C@@H]1Oc2c(O)ccc3c2[C@@]12CCN(CC1CC1)[C@H](C3)[C@@]2(C)O. The van der Waals surface area contributed by atoms with Crippen molar-refractivity contribution in [2.24, 2.45) is 5.92 Å². The van der Waals surface area contributed by atoms with Gasteiger partial charge in [0.05, 0.1) is 16.6 Å². The number of benzene rings is 2. The second-order valence-corrected chi connectivity index (χ2v) is 11.8. The number of piperidine rings is 1. The maximum atomic E-state index is 13.2. The van der Waals surface area contributed by atoms with E-state index in [0.717, 1.165) is 29.8 Å². The lowest BCUT2D eigenvalue weighted by Gasteiger charge is -2.59. The minimum atomic E-state index is -1.26. The molecule has 2 aromatic carbocycles. The number of phenolic OH excluding ortho intramolecular Hbond substituents is 1. The van der Waals surface area contributed by atoms with Crippen LogP contribution < -0.4 is 10.1 Å². The summed E-state index contributed by atoms with van der Waals surface area (Å²) in [5.41, 5.74) is 1.01. The van der Waals surface area contributed by atoms with Gasteiger partial charge in [0.2, 0.25) is 0 Å². The molecule has 1 saturated carbocycles. The summed E-state index contributed by atoms with van der Waals surface area (Å²) in [6.07, 6.45) is 2.61. The molecule has 37 heavy (non-hydrogen) atoms. The molecule has 1 saturated heterocycles. The topological polar surface area (TPSA) is 102 Å². The van der Waals surface area contributed by atoms with Crippen molar-refractivity contribution in [1.29, 1.82) is 0 Å². The zero-order chi connectivity index (χ0) is 26.3. The summed E-state index contributed by atoms with van der Waals surface area (Å²) < 4.78 is 6.29. The first-order valence-electron chi connectivity index (χ1n) is 13.0. The van der Waals surface area contributed by atoms with Gasteiger partial charge in [-0.1, -0.05) is 17.7 Å². The van der Waals surface area contributed by atoms with Crippen LogP contribution in [0.15, 0.2) is 41.7 Å². The predicted octanol–water partition coefficient (Wildman–Crippen LogP) is 4.61. The van der Waals surface area contributed by atoms with Crippen molar-refractivity contribution in [3.8, 4) is 11.5 Å². The van der Waals surface area contributed by atoms with E-state index in [1.807, 2.05) is 19.9 Å². The summed E-state index contributed by atoms with van der Waals surface area (Å²) >= 11 is 6.05. The van der Waals surface area contributed by atoms with Crippen LogP contribution in [0.5, 0.6) is 11.5 Å². The van der Waals surface area contributed by atoms with Crippen LogP contribution in [0, 0.1) is 12.8 Å². The Morgan fingerprint density at radius 3 is 2.73 bits per heavy atom. The summed E-state index contributed by atoms with van der Waals surface area (Å²) in [6, 6.07) is 8.53. The molecule has 1 amide bonds. The lowest BCUT2D eigenvalue weighted by Crippen LogP contribution is -2.73. The van der Waals surface area contributed by atoms with Crippen molar-refractivity contribution < 1.29 is 24.9 Å². The molecule has 0 aromatic heterocycles. The summed E-state index contributed by atoms with van der Waals surface area (Å²) in [6.45, 7) is 6.92. The van der Waals surface area contributed by atoms with Gasteiger partial charge in [-0.15, -0.1) is 0 Å². The number of hydrogen-bond donors (Lipinski definition) is 4. The third-order valence-electron chi connectivity index (χ3n) is 9.15. The fraction of sp³-hybridized carbons (Fsp3) is 0.483. The van der Waals surface area contributed by atoms with Gasteiger partial charge < -0.3 is 25.4 Å². The van der Waals surface area contributed by atoms with Crippen molar-refractivity contribution >= 4 is 23.2 Å². The number of fused-ring (bicyclic) bond motifs is 1. The summed E-state index contributed by atoms with van der Waals surface area (Å²) in [5, 5.41) is 38.0. The molecule has 0 radical (unpaired) electrons. The van der Waals surface area contributed by atoms with Crippen LogP contribution in [-0.4, -0.2) is 57.0 Å². The van der Waals surface area contributed by atoms with Gasteiger partial charge in [-0.25, -0.2) is 0 Å². The zero-order valence-corrected chi connectivity index (χ0v) is 22.1. The first-order chi connectivity index (χ1) is 17.5. The van der Waals surface area contributed by atoms with E-state index in [-0.39, 0.29) is 23.1 Å². The van der Waals surface area contributed by atoms with E-state index in [1.165, 1.54) is 12.8 Å². The molecule has 0 unspecified atom stereocenters. The standard InChI is InChI=1S/C29H33ClN2O5/c1-15-12-19(30)7-8-20(15)31-27(35)16(2)24(34)26-29-10-11-32(14-17-4-5-17)22(28(29,3)36)13-18-6-9-21(33)25(37-26)23(18)29/h6-9,12,17,22,26,33-34,36H,4-5,10-11,13-14H2,1-3H3,(H,31,35)/b24-16-/t22-,26+,28-,29+/m1/s1. The predicted molar refractivity (Wildman–Crippen MR) is 141 cm³/mol. The van der Waals surface area contributed by atoms with Crippen LogP contribution in [0.2, 0.25) is 5.02 Å². The summed E-state index contributed by atoms with van der Waals surface area (Å²) in [7, 11) is 0. The van der Waals surface area contributed by atoms with Gasteiger partial charge in [0.15, 0.2) is 17.6 Å². The van der Waals surface area contributed by atoms with E-state index in [2.05, 4.69) is 10.2 Å². The Morgan fingerprint density at radius 1 is 1.27 bits per heavy atom. The van der Waals surface area contributed by atoms with Crippen LogP contribution >= 0.6 is 11.6 Å². The third kappa shape index (κ3) is 3.58. The van der Waals surface area contributed by atoms with Gasteiger partial charge >= 0.3 is 0 Å². The van der Waals surface area contributed by atoms with Crippen LogP contribution in [0.1, 0.15) is 49.8 Å². The van der Waals surface area contributed by atoms with Gasteiger partial charge in [-0.2, -0.15) is 0 Å². The molecule has 2 bridgehead atoms. The number of likely N-dealkylation sites (tertiary alicyclic amines) is 1. The molecule has 4 atom stereocenters. The number of nitrogens with zero attached hydrogens (tertiary/aromatic N) is 1. The highest BCUT2D eigenvalue weighted by Gasteiger charge is 2.69. The number of hydrogen-bond acceptors (Lipinski definition) is 6. The van der Waals surface area contributed by atoms with Crippen molar-refractivity contribution in [3.05, 3.63) is 63.4 Å². The van der Waals surface area contributed by atoms with Gasteiger partial charge in [-0.05, 0) is 94.3 Å². The number of aromatic hydroxyl groups is 1. The van der Waals surface area contributed by atoms with Crippen molar-refractivity contribution in [2.75, 3.05) is 18.4 Å². The number of amides is 1. The first-order valence-corrected chi connectivity index (χ1v) is 13.4. The number of aliphatic hydroxyl groups excluding tert-OH is 1. The summed E-state index contributed by atoms with van der Waals surface area (Å²) in [5.74, 6) is 0.240. The quantitative estimate of drug-likeness (QED) is 0.336. The average molecular weight is 525 g/mol. The fourth-order valence-corrected chi connectivity index (χ4v) is 7.10. The highest BCUT2D eigenvalue weighted by molar-refractivity contribution is 6.30. The summed E-state index contributed by atoms with van der Waals surface area (Å²) in [4.78, 5) is 15.6. The van der Waals surface area contributed by atoms with Crippen LogP contribution in [0.4, 0.5) is 5.69 Å². The number of anilines is 1. The number of aliphatic hydroxyl groups is 2.